The van der Waals surface area contributed by atoms with E-state index in [-0.39, 0.29) is 5.92 Å². The Hall–Kier alpha value is -1.14. The summed E-state index contributed by atoms with van der Waals surface area (Å²) in [5, 5.41) is 13.5. The highest BCUT2D eigenvalue weighted by Gasteiger charge is 2.30. The van der Waals surface area contributed by atoms with Crippen LogP contribution in [0.1, 0.15) is 18.2 Å². The molecule has 1 fully saturated rings. The third-order valence-corrected chi connectivity index (χ3v) is 2.47. The zero-order valence-electron chi connectivity index (χ0n) is 8.88. The highest BCUT2D eigenvalue weighted by atomic mass is 16.5. The Morgan fingerprint density at radius 3 is 2.87 bits per heavy atom. The lowest BCUT2D eigenvalue weighted by Crippen LogP contribution is -2.30. The molecule has 1 aromatic heterocycles. The molecule has 2 atom stereocenters. The monoisotopic (exact) mass is 213 g/mol. The zero-order chi connectivity index (χ0) is 10.8. The maximum atomic E-state index is 9.75. The number of nitrogens with zero attached hydrogens (tertiary/aromatic N) is 3. The first kappa shape index (κ1) is 10.4. The largest absolute Gasteiger partial charge is 0.392 e. The standard InChI is InChI=1S/C9H15N3O3/c1-12(2)9-10-8(15-11-9)6-5-14-4-3-7(6)13/h6-7,13H,3-5H2,1-2H3. The van der Waals surface area contributed by atoms with Gasteiger partial charge in [-0.3, -0.25) is 0 Å². The van der Waals surface area contributed by atoms with Crippen molar-refractivity contribution >= 4 is 5.95 Å². The normalized spacial score (nSPS) is 26.6. The summed E-state index contributed by atoms with van der Waals surface area (Å²) in [6.07, 6.45) is 0.166. The van der Waals surface area contributed by atoms with E-state index in [1.807, 2.05) is 14.1 Å². The Morgan fingerprint density at radius 1 is 1.47 bits per heavy atom. The van der Waals surface area contributed by atoms with Gasteiger partial charge in [-0.25, -0.2) is 0 Å². The van der Waals surface area contributed by atoms with Crippen molar-refractivity contribution in [1.29, 1.82) is 0 Å². The second kappa shape index (κ2) is 4.16. The van der Waals surface area contributed by atoms with Gasteiger partial charge in [-0.05, 0) is 11.6 Å². The molecule has 2 unspecified atom stereocenters. The summed E-state index contributed by atoms with van der Waals surface area (Å²) in [6.45, 7) is 1.03. The highest BCUT2D eigenvalue weighted by molar-refractivity contribution is 5.24. The molecule has 2 heterocycles. The molecular formula is C9H15N3O3. The average Bonchev–Trinajstić information content (AvgIpc) is 2.67. The first-order valence-electron chi connectivity index (χ1n) is 4.95. The van der Waals surface area contributed by atoms with Gasteiger partial charge < -0.3 is 19.3 Å². The van der Waals surface area contributed by atoms with E-state index in [4.69, 9.17) is 9.26 Å². The molecule has 1 N–H and O–H groups in total. The van der Waals surface area contributed by atoms with Gasteiger partial charge in [0.2, 0.25) is 5.89 Å². The third-order valence-electron chi connectivity index (χ3n) is 2.47. The molecule has 6 nitrogen and oxygen atoms in total. The Labute approximate surface area is 87.8 Å². The summed E-state index contributed by atoms with van der Waals surface area (Å²) in [7, 11) is 3.67. The number of rotatable bonds is 2. The summed E-state index contributed by atoms with van der Waals surface area (Å²) < 4.78 is 10.4. The predicted molar refractivity (Wildman–Crippen MR) is 52.8 cm³/mol. The van der Waals surface area contributed by atoms with Gasteiger partial charge in [-0.1, -0.05) is 0 Å². The smallest absolute Gasteiger partial charge is 0.265 e. The number of hydrogen-bond donors (Lipinski definition) is 1. The van der Waals surface area contributed by atoms with Crippen LogP contribution < -0.4 is 4.90 Å². The van der Waals surface area contributed by atoms with Crippen molar-refractivity contribution in [2.75, 3.05) is 32.2 Å². The summed E-state index contributed by atoms with van der Waals surface area (Å²) in [4.78, 5) is 5.95. The summed E-state index contributed by atoms with van der Waals surface area (Å²) in [6, 6.07) is 0. The Bertz CT molecular complexity index is 326. The molecule has 6 heteroatoms. The minimum Gasteiger partial charge on any atom is -0.392 e. The maximum absolute atomic E-state index is 9.75. The van der Waals surface area contributed by atoms with E-state index in [1.165, 1.54) is 0 Å². The van der Waals surface area contributed by atoms with Gasteiger partial charge in [0, 0.05) is 20.7 Å². The molecule has 0 aliphatic carbocycles. The molecule has 0 spiro atoms. The lowest BCUT2D eigenvalue weighted by Gasteiger charge is -2.24. The first-order valence-corrected chi connectivity index (χ1v) is 4.95. The minimum absolute atomic E-state index is 0.194. The zero-order valence-corrected chi connectivity index (χ0v) is 8.88. The fourth-order valence-corrected chi connectivity index (χ4v) is 1.52. The van der Waals surface area contributed by atoms with Crippen molar-refractivity contribution in [3.05, 3.63) is 5.89 Å². The van der Waals surface area contributed by atoms with Crippen LogP contribution in [-0.4, -0.2) is 48.7 Å². The molecule has 84 valence electrons. The fraction of sp³-hybridized carbons (Fsp3) is 0.778. The van der Waals surface area contributed by atoms with E-state index < -0.39 is 6.10 Å². The molecule has 0 radical (unpaired) electrons. The fourth-order valence-electron chi connectivity index (χ4n) is 1.52. The predicted octanol–water partition coefficient (Wildman–Crippen LogP) is 0.000400. The van der Waals surface area contributed by atoms with Crippen molar-refractivity contribution in [2.24, 2.45) is 0 Å². The van der Waals surface area contributed by atoms with E-state index in [1.54, 1.807) is 4.90 Å². The quantitative estimate of drug-likeness (QED) is 0.745. The van der Waals surface area contributed by atoms with Gasteiger partial charge in [0.25, 0.3) is 5.95 Å². The molecule has 0 saturated carbocycles. The van der Waals surface area contributed by atoms with Crippen molar-refractivity contribution in [2.45, 2.75) is 18.4 Å². The molecule has 1 aliphatic rings. The third kappa shape index (κ3) is 2.10. The second-order valence-corrected chi connectivity index (χ2v) is 3.86. The number of ether oxygens (including phenoxy) is 1. The molecule has 2 rings (SSSR count). The molecule has 15 heavy (non-hydrogen) atoms. The SMILES string of the molecule is CN(C)c1noc(C2COCCC2O)n1. The van der Waals surface area contributed by atoms with Crippen LogP contribution in [0.3, 0.4) is 0 Å². The van der Waals surface area contributed by atoms with Crippen LogP contribution in [0.25, 0.3) is 0 Å². The first-order chi connectivity index (χ1) is 7.18. The van der Waals surface area contributed by atoms with Crippen molar-refractivity contribution in [3.63, 3.8) is 0 Å². The summed E-state index contributed by atoms with van der Waals surface area (Å²) in [5.74, 6) is 0.772. The van der Waals surface area contributed by atoms with Crippen LogP contribution in [0, 0.1) is 0 Å². The molecule has 1 aromatic rings. The van der Waals surface area contributed by atoms with Gasteiger partial charge in [0.1, 0.15) is 0 Å². The Balaban J connectivity index is 2.13. The summed E-state index contributed by atoms with van der Waals surface area (Å²) >= 11 is 0. The van der Waals surface area contributed by atoms with Gasteiger partial charge in [0.15, 0.2) is 0 Å². The second-order valence-electron chi connectivity index (χ2n) is 3.86. The average molecular weight is 213 g/mol. The van der Waals surface area contributed by atoms with Crippen LogP contribution in [0.5, 0.6) is 0 Å². The van der Waals surface area contributed by atoms with Gasteiger partial charge in [-0.15, -0.1) is 0 Å². The molecule has 1 saturated heterocycles. The topological polar surface area (TPSA) is 71.6 Å². The lowest BCUT2D eigenvalue weighted by molar-refractivity contribution is -0.0149. The maximum Gasteiger partial charge on any atom is 0.265 e. The van der Waals surface area contributed by atoms with E-state index >= 15 is 0 Å². The van der Waals surface area contributed by atoms with E-state index in [0.29, 0.717) is 31.5 Å². The van der Waals surface area contributed by atoms with E-state index in [0.717, 1.165) is 0 Å². The minimum atomic E-state index is -0.450. The van der Waals surface area contributed by atoms with E-state index in [9.17, 15) is 5.11 Å². The Morgan fingerprint density at radius 2 is 2.27 bits per heavy atom. The van der Waals surface area contributed by atoms with Crippen molar-refractivity contribution in [3.8, 4) is 0 Å². The van der Waals surface area contributed by atoms with Crippen molar-refractivity contribution < 1.29 is 14.4 Å². The van der Waals surface area contributed by atoms with Crippen LogP contribution >= 0.6 is 0 Å². The number of anilines is 1. The van der Waals surface area contributed by atoms with E-state index in [2.05, 4.69) is 10.1 Å². The number of aliphatic hydroxyl groups excluding tert-OH is 1. The summed E-state index contributed by atoms with van der Waals surface area (Å²) in [5.41, 5.74) is 0. The lowest BCUT2D eigenvalue weighted by atomic mass is 9.99. The number of aliphatic hydroxyl groups is 1. The highest BCUT2D eigenvalue weighted by Crippen LogP contribution is 2.25. The molecular weight excluding hydrogens is 198 g/mol. The molecule has 0 amide bonds. The van der Waals surface area contributed by atoms with Crippen LogP contribution in [0.15, 0.2) is 4.52 Å². The molecule has 0 bridgehead atoms. The van der Waals surface area contributed by atoms with Crippen molar-refractivity contribution in [1.82, 2.24) is 10.1 Å². The molecule has 1 aliphatic heterocycles. The number of aromatic nitrogens is 2. The van der Waals surface area contributed by atoms with Gasteiger partial charge >= 0.3 is 0 Å². The molecule has 0 aromatic carbocycles. The van der Waals surface area contributed by atoms with Crippen LogP contribution in [0.2, 0.25) is 0 Å². The Kier molecular flexibility index (Phi) is 2.88. The van der Waals surface area contributed by atoms with Crippen LogP contribution in [-0.2, 0) is 4.74 Å². The number of hydrogen-bond acceptors (Lipinski definition) is 6. The van der Waals surface area contributed by atoms with Gasteiger partial charge in [-0.2, -0.15) is 4.98 Å². The van der Waals surface area contributed by atoms with Crippen LogP contribution in [0.4, 0.5) is 5.95 Å². The van der Waals surface area contributed by atoms with Gasteiger partial charge in [0.05, 0.1) is 18.6 Å².